The molecule has 0 saturated carbocycles. The predicted octanol–water partition coefficient (Wildman–Crippen LogP) is 2.45. The van der Waals surface area contributed by atoms with Crippen LogP contribution in [0.25, 0.3) is 0 Å². The number of benzene rings is 1. The molecule has 10 nitrogen and oxygen atoms in total. The van der Waals surface area contributed by atoms with Gasteiger partial charge in [0.05, 0.1) is 22.0 Å². The Balaban J connectivity index is 2.17. The van der Waals surface area contributed by atoms with Crippen LogP contribution in [-0.4, -0.2) is 53.0 Å². The number of halogens is 2. The summed E-state index contributed by atoms with van der Waals surface area (Å²) in [5.74, 6) is -3.98. The largest absolute Gasteiger partial charge is 0.481 e. The fraction of sp³-hybridized carbons (Fsp3) is 0.318. The summed E-state index contributed by atoms with van der Waals surface area (Å²) in [6, 6.07) is 4.97. The first kappa shape index (κ1) is 26.9. The Morgan fingerprint density at radius 2 is 1.74 bits per heavy atom. The van der Waals surface area contributed by atoms with Crippen molar-refractivity contribution in [1.82, 2.24) is 9.88 Å². The average Bonchev–Trinajstić information content (AvgIpc) is 2.76. The molecule has 1 heterocycles. The molecule has 34 heavy (non-hydrogen) atoms. The highest BCUT2D eigenvalue weighted by molar-refractivity contribution is 6.39. The Hall–Kier alpha value is -3.37. The molecule has 0 bridgehead atoms. The molecule has 0 fully saturated rings. The van der Waals surface area contributed by atoms with Crippen LogP contribution in [0.2, 0.25) is 10.0 Å². The van der Waals surface area contributed by atoms with Gasteiger partial charge in [-0.3, -0.25) is 23.7 Å². The molecule has 0 aliphatic carbocycles. The van der Waals surface area contributed by atoms with Gasteiger partial charge in [0.15, 0.2) is 12.4 Å². The van der Waals surface area contributed by atoms with Gasteiger partial charge in [0.1, 0.15) is 17.8 Å². The number of Topliss-reactive ketones (excluding diaryl/α,β-unsaturated/α-hetero) is 1. The fourth-order valence-electron chi connectivity index (χ4n) is 3.15. The molecule has 3 N–H and O–H groups in total. The van der Waals surface area contributed by atoms with Crippen molar-refractivity contribution < 1.29 is 29.0 Å². The number of hydrogen-bond donors (Lipinski definition) is 3. The lowest BCUT2D eigenvalue weighted by atomic mass is 10.1. The number of esters is 1. The average molecular weight is 512 g/mol. The van der Waals surface area contributed by atoms with Crippen LogP contribution in [0.4, 0.5) is 5.69 Å². The number of rotatable bonds is 10. The third-order valence-corrected chi connectivity index (χ3v) is 5.58. The van der Waals surface area contributed by atoms with Crippen molar-refractivity contribution in [2.75, 3.05) is 19.0 Å². The van der Waals surface area contributed by atoms with Crippen LogP contribution in [0.15, 0.2) is 35.1 Å². The molecule has 2 aromatic rings. The van der Waals surface area contributed by atoms with Gasteiger partial charge in [-0.2, -0.15) is 0 Å². The number of carbonyl (C=O) groups excluding carboxylic acids is 3. The Bertz CT molecular complexity index is 1160. The maximum absolute atomic E-state index is 12.8. The van der Waals surface area contributed by atoms with Gasteiger partial charge in [0, 0.05) is 12.7 Å². The van der Waals surface area contributed by atoms with E-state index in [1.807, 2.05) is 0 Å². The lowest BCUT2D eigenvalue weighted by molar-refractivity contribution is -0.141. The van der Waals surface area contributed by atoms with E-state index in [9.17, 15) is 29.1 Å². The van der Waals surface area contributed by atoms with Crippen LogP contribution in [-0.2, 0) is 19.1 Å². The molecule has 2 rings (SSSR count). The number of ketones is 1. The van der Waals surface area contributed by atoms with Gasteiger partial charge in [0.25, 0.3) is 5.56 Å². The summed E-state index contributed by atoms with van der Waals surface area (Å²) >= 11 is 11.9. The van der Waals surface area contributed by atoms with E-state index < -0.39 is 54.3 Å². The minimum absolute atomic E-state index is 0.0128. The van der Waals surface area contributed by atoms with E-state index in [1.54, 1.807) is 26.1 Å². The van der Waals surface area contributed by atoms with Crippen molar-refractivity contribution in [2.45, 2.75) is 32.4 Å². The molecule has 0 aliphatic rings. The van der Waals surface area contributed by atoms with E-state index in [4.69, 9.17) is 27.9 Å². The number of carbonyl (C=O) groups is 4. The summed E-state index contributed by atoms with van der Waals surface area (Å²) in [4.78, 5) is 61.6. The number of nitrogens with zero attached hydrogens (tertiary/aromatic N) is 1. The van der Waals surface area contributed by atoms with Gasteiger partial charge < -0.3 is 20.5 Å². The molecule has 1 aromatic carbocycles. The zero-order valence-electron chi connectivity index (χ0n) is 18.6. The van der Waals surface area contributed by atoms with E-state index in [0.29, 0.717) is 5.69 Å². The number of nitrogens with one attached hydrogen (secondary N) is 2. The van der Waals surface area contributed by atoms with Crippen molar-refractivity contribution in [2.24, 2.45) is 0 Å². The van der Waals surface area contributed by atoms with Crippen molar-refractivity contribution in [3.05, 3.63) is 62.0 Å². The fourth-order valence-corrected chi connectivity index (χ4v) is 3.70. The quantitative estimate of drug-likeness (QED) is 0.412. The number of carboxylic acids is 1. The van der Waals surface area contributed by atoms with Crippen LogP contribution in [0.5, 0.6) is 0 Å². The summed E-state index contributed by atoms with van der Waals surface area (Å²) < 4.78 is 6.16. The molecule has 2 atom stereocenters. The van der Waals surface area contributed by atoms with E-state index in [-0.39, 0.29) is 21.3 Å². The minimum atomic E-state index is -1.51. The van der Waals surface area contributed by atoms with Gasteiger partial charge in [0.2, 0.25) is 5.91 Å². The first-order valence-corrected chi connectivity index (χ1v) is 10.8. The Morgan fingerprint density at radius 3 is 2.29 bits per heavy atom. The Morgan fingerprint density at radius 1 is 1.12 bits per heavy atom. The molecule has 182 valence electrons. The molecular weight excluding hydrogens is 489 g/mol. The zero-order valence-corrected chi connectivity index (χ0v) is 20.1. The maximum Gasteiger partial charge on any atom is 0.341 e. The number of anilines is 1. The lowest BCUT2D eigenvalue weighted by Crippen LogP contribution is -2.47. The van der Waals surface area contributed by atoms with Crippen LogP contribution in [0, 0.1) is 6.92 Å². The molecule has 1 amide bonds. The van der Waals surface area contributed by atoms with Crippen LogP contribution >= 0.6 is 23.2 Å². The van der Waals surface area contributed by atoms with Gasteiger partial charge in [-0.1, -0.05) is 29.3 Å². The highest BCUT2D eigenvalue weighted by Crippen LogP contribution is 2.25. The number of carboxylic acid groups (broad SMARTS) is 1. The molecular formula is C22H23Cl2N3O7. The van der Waals surface area contributed by atoms with Gasteiger partial charge in [-0.15, -0.1) is 0 Å². The summed E-state index contributed by atoms with van der Waals surface area (Å²) in [5, 5.41) is 14.3. The molecule has 12 heteroatoms. The SMILES string of the molecule is CNc1ccc(C)n(C(C)C(=O)NC(CC(=O)O)C(=O)COC(=O)c2c(Cl)cccc2Cl)c1=O. The second-order valence-electron chi connectivity index (χ2n) is 7.29. The number of aromatic nitrogens is 1. The summed E-state index contributed by atoms with van der Waals surface area (Å²) in [6.45, 7) is 2.23. The molecule has 0 spiro atoms. The molecule has 0 radical (unpaired) electrons. The predicted molar refractivity (Wildman–Crippen MR) is 126 cm³/mol. The van der Waals surface area contributed by atoms with Crippen LogP contribution < -0.4 is 16.2 Å². The Kier molecular flexibility index (Phi) is 9.22. The maximum atomic E-state index is 12.8. The monoisotopic (exact) mass is 511 g/mol. The number of amides is 1. The highest BCUT2D eigenvalue weighted by Gasteiger charge is 2.29. The topological polar surface area (TPSA) is 144 Å². The number of ether oxygens (including phenoxy) is 1. The zero-order chi connectivity index (χ0) is 25.6. The first-order chi connectivity index (χ1) is 16.0. The Labute approximate surface area is 204 Å². The first-order valence-electron chi connectivity index (χ1n) is 10.0. The summed E-state index contributed by atoms with van der Waals surface area (Å²) in [5.41, 5.74) is 0.133. The third kappa shape index (κ3) is 6.36. The molecule has 0 saturated heterocycles. The molecule has 2 unspecified atom stereocenters. The van der Waals surface area contributed by atoms with Crippen molar-refractivity contribution in [3.63, 3.8) is 0 Å². The second kappa shape index (κ2) is 11.7. The van der Waals surface area contributed by atoms with Gasteiger partial charge in [-0.05, 0) is 38.1 Å². The van der Waals surface area contributed by atoms with E-state index in [0.717, 1.165) is 0 Å². The van der Waals surface area contributed by atoms with Gasteiger partial charge >= 0.3 is 11.9 Å². The van der Waals surface area contributed by atoms with Crippen LogP contribution in [0.1, 0.15) is 35.4 Å². The second-order valence-corrected chi connectivity index (χ2v) is 8.10. The van der Waals surface area contributed by atoms with Gasteiger partial charge in [-0.25, -0.2) is 4.79 Å². The number of pyridine rings is 1. The van der Waals surface area contributed by atoms with E-state index in [1.165, 1.54) is 29.7 Å². The molecule has 1 aromatic heterocycles. The minimum Gasteiger partial charge on any atom is -0.481 e. The van der Waals surface area contributed by atoms with Crippen molar-refractivity contribution in [1.29, 1.82) is 0 Å². The van der Waals surface area contributed by atoms with Crippen molar-refractivity contribution in [3.8, 4) is 0 Å². The molecule has 0 aliphatic heterocycles. The highest BCUT2D eigenvalue weighted by atomic mass is 35.5. The van der Waals surface area contributed by atoms with Crippen LogP contribution in [0.3, 0.4) is 0 Å². The van der Waals surface area contributed by atoms with E-state index >= 15 is 0 Å². The number of aryl methyl sites for hydroxylation is 1. The lowest BCUT2D eigenvalue weighted by Gasteiger charge is -2.22. The summed E-state index contributed by atoms with van der Waals surface area (Å²) in [6.07, 6.45) is -0.758. The van der Waals surface area contributed by atoms with E-state index in [2.05, 4.69) is 10.6 Å². The number of hydrogen-bond acceptors (Lipinski definition) is 7. The summed E-state index contributed by atoms with van der Waals surface area (Å²) in [7, 11) is 1.56. The number of aliphatic carboxylic acids is 1. The normalized spacial score (nSPS) is 12.4. The standard InChI is InChI=1S/C22H23Cl2N3O7/c1-11-7-8-15(25-3)21(32)27(11)12(2)20(31)26-16(9-18(29)30)17(28)10-34-22(33)19-13(23)5-4-6-14(19)24/h4-8,12,16,25H,9-10H2,1-3H3,(H,26,31)(H,29,30). The smallest absolute Gasteiger partial charge is 0.341 e. The van der Waals surface area contributed by atoms with Crippen molar-refractivity contribution >= 4 is 52.5 Å². The third-order valence-electron chi connectivity index (χ3n) is 4.95.